The van der Waals surface area contributed by atoms with Gasteiger partial charge in [-0.3, -0.25) is 15.0 Å². The van der Waals surface area contributed by atoms with Crippen molar-refractivity contribution >= 4 is 5.69 Å². The zero-order valence-electron chi connectivity index (χ0n) is 11.6. The van der Waals surface area contributed by atoms with E-state index in [-0.39, 0.29) is 23.2 Å². The number of piperazine rings is 1. The van der Waals surface area contributed by atoms with Crippen molar-refractivity contribution in [3.8, 4) is 11.5 Å². The van der Waals surface area contributed by atoms with E-state index in [4.69, 9.17) is 4.74 Å². The number of benzene rings is 1. The lowest BCUT2D eigenvalue weighted by atomic mass is 10.0. The van der Waals surface area contributed by atoms with E-state index >= 15 is 0 Å². The van der Waals surface area contributed by atoms with Crippen LogP contribution in [0.5, 0.6) is 11.5 Å². The monoisotopic (exact) mass is 281 g/mol. The molecule has 20 heavy (non-hydrogen) atoms. The number of nitrogens with zero attached hydrogens (tertiary/aromatic N) is 2. The minimum absolute atomic E-state index is 0.0240. The van der Waals surface area contributed by atoms with E-state index in [9.17, 15) is 15.2 Å². The van der Waals surface area contributed by atoms with Gasteiger partial charge in [0.25, 0.3) is 5.69 Å². The van der Waals surface area contributed by atoms with E-state index in [1.807, 2.05) is 6.92 Å². The van der Waals surface area contributed by atoms with Crippen LogP contribution in [0.15, 0.2) is 12.1 Å². The SMILES string of the molecule is COc1cc([N+](=O)[O-])cc([C@H](C)N2CCNCC2)c1O. The standard InChI is InChI=1S/C13H19N3O4/c1-9(15-5-3-14-4-6-15)11-7-10(16(18)19)8-12(20-2)13(11)17/h7-9,14,17H,3-6H2,1-2H3/t9-/m0/s1. The molecule has 7 nitrogen and oxygen atoms in total. The minimum Gasteiger partial charge on any atom is -0.504 e. The topological polar surface area (TPSA) is 87.9 Å². The first kappa shape index (κ1) is 14.5. The van der Waals surface area contributed by atoms with Crippen LogP contribution in [0.4, 0.5) is 5.69 Å². The summed E-state index contributed by atoms with van der Waals surface area (Å²) in [7, 11) is 1.39. The lowest BCUT2D eigenvalue weighted by molar-refractivity contribution is -0.385. The Balaban J connectivity index is 2.37. The molecule has 0 aromatic heterocycles. The smallest absolute Gasteiger partial charge is 0.273 e. The zero-order chi connectivity index (χ0) is 14.7. The van der Waals surface area contributed by atoms with Gasteiger partial charge in [-0.05, 0) is 6.92 Å². The number of nitro benzene ring substituents is 1. The molecule has 0 radical (unpaired) electrons. The highest BCUT2D eigenvalue weighted by Crippen LogP contribution is 2.39. The number of nitro groups is 1. The van der Waals surface area contributed by atoms with Crippen molar-refractivity contribution in [3.05, 3.63) is 27.8 Å². The number of hydrogen-bond donors (Lipinski definition) is 2. The van der Waals surface area contributed by atoms with Crippen LogP contribution in [0.25, 0.3) is 0 Å². The van der Waals surface area contributed by atoms with Crippen molar-refractivity contribution in [1.82, 2.24) is 10.2 Å². The minimum atomic E-state index is -0.476. The molecule has 7 heteroatoms. The zero-order valence-corrected chi connectivity index (χ0v) is 11.6. The highest BCUT2D eigenvalue weighted by Gasteiger charge is 2.25. The molecule has 2 N–H and O–H groups in total. The van der Waals surface area contributed by atoms with Crippen LogP contribution in [0.2, 0.25) is 0 Å². The summed E-state index contributed by atoms with van der Waals surface area (Å²) >= 11 is 0. The van der Waals surface area contributed by atoms with Gasteiger partial charge < -0.3 is 15.2 Å². The number of phenols is 1. The Bertz CT molecular complexity index is 501. The maximum absolute atomic E-state index is 11.0. The summed E-state index contributed by atoms with van der Waals surface area (Å²) in [4.78, 5) is 12.7. The van der Waals surface area contributed by atoms with E-state index in [2.05, 4.69) is 10.2 Å². The Morgan fingerprint density at radius 3 is 2.65 bits per heavy atom. The number of hydrogen-bond acceptors (Lipinski definition) is 6. The van der Waals surface area contributed by atoms with Gasteiger partial charge in [-0.25, -0.2) is 0 Å². The lowest BCUT2D eigenvalue weighted by Crippen LogP contribution is -2.44. The van der Waals surface area contributed by atoms with E-state index < -0.39 is 4.92 Å². The third-order valence-electron chi connectivity index (χ3n) is 3.67. The quantitative estimate of drug-likeness (QED) is 0.638. The molecule has 0 aliphatic carbocycles. The van der Waals surface area contributed by atoms with Gasteiger partial charge in [-0.15, -0.1) is 0 Å². The largest absolute Gasteiger partial charge is 0.504 e. The van der Waals surface area contributed by atoms with Crippen molar-refractivity contribution in [3.63, 3.8) is 0 Å². The maximum Gasteiger partial charge on any atom is 0.273 e. The van der Waals surface area contributed by atoms with Crippen LogP contribution in [-0.2, 0) is 0 Å². The summed E-state index contributed by atoms with van der Waals surface area (Å²) < 4.78 is 5.03. The van der Waals surface area contributed by atoms with Crippen LogP contribution >= 0.6 is 0 Å². The fourth-order valence-electron chi connectivity index (χ4n) is 2.46. The van der Waals surface area contributed by atoms with Gasteiger partial charge in [-0.2, -0.15) is 0 Å². The summed E-state index contributed by atoms with van der Waals surface area (Å²) in [6, 6.07) is 2.55. The molecular weight excluding hydrogens is 262 g/mol. The molecule has 1 aromatic rings. The first-order chi connectivity index (χ1) is 9.54. The Morgan fingerprint density at radius 2 is 2.10 bits per heavy atom. The molecule has 1 saturated heterocycles. The number of aromatic hydroxyl groups is 1. The second kappa shape index (κ2) is 6.06. The second-order valence-electron chi connectivity index (χ2n) is 4.80. The van der Waals surface area contributed by atoms with Crippen molar-refractivity contribution in [1.29, 1.82) is 0 Å². The van der Waals surface area contributed by atoms with Gasteiger partial charge in [0.1, 0.15) is 0 Å². The van der Waals surface area contributed by atoms with Crippen LogP contribution < -0.4 is 10.1 Å². The third-order valence-corrected chi connectivity index (χ3v) is 3.67. The number of ether oxygens (including phenoxy) is 1. The van der Waals surface area contributed by atoms with Crippen LogP contribution in [-0.4, -0.2) is 48.2 Å². The molecule has 0 unspecified atom stereocenters. The van der Waals surface area contributed by atoms with E-state index in [0.717, 1.165) is 26.2 Å². The first-order valence-corrected chi connectivity index (χ1v) is 6.54. The highest BCUT2D eigenvalue weighted by atomic mass is 16.6. The molecular formula is C13H19N3O4. The van der Waals surface area contributed by atoms with Crippen LogP contribution in [0.1, 0.15) is 18.5 Å². The summed E-state index contributed by atoms with van der Waals surface area (Å²) in [6.45, 7) is 5.36. The van der Waals surface area contributed by atoms with Gasteiger partial charge >= 0.3 is 0 Å². The Hall–Kier alpha value is -1.86. The average Bonchev–Trinajstić information content (AvgIpc) is 2.47. The molecule has 1 aliphatic heterocycles. The number of nitrogens with one attached hydrogen (secondary N) is 1. The van der Waals surface area contributed by atoms with Crippen LogP contribution in [0, 0.1) is 10.1 Å². The number of phenolic OH excluding ortho intramolecular Hbond substituents is 1. The summed E-state index contributed by atoms with van der Waals surface area (Å²) in [5.41, 5.74) is 0.453. The molecule has 1 aromatic carbocycles. The van der Waals surface area contributed by atoms with Gasteiger partial charge in [0.05, 0.1) is 18.1 Å². The molecule has 1 atom stereocenters. The number of methoxy groups -OCH3 is 1. The molecule has 1 heterocycles. The lowest BCUT2D eigenvalue weighted by Gasteiger charge is -2.33. The number of non-ortho nitro benzene ring substituents is 1. The molecule has 0 spiro atoms. The third kappa shape index (κ3) is 2.83. The summed E-state index contributed by atoms with van der Waals surface area (Å²) in [5, 5.41) is 24.4. The average molecular weight is 281 g/mol. The molecule has 1 aliphatic rings. The van der Waals surface area contributed by atoms with Gasteiger partial charge in [-0.1, -0.05) is 0 Å². The predicted octanol–water partition coefficient (Wildman–Crippen LogP) is 1.28. The molecule has 110 valence electrons. The fraction of sp³-hybridized carbons (Fsp3) is 0.538. The van der Waals surface area contributed by atoms with Gasteiger partial charge in [0, 0.05) is 43.9 Å². The second-order valence-corrected chi connectivity index (χ2v) is 4.80. The van der Waals surface area contributed by atoms with Crippen molar-refractivity contribution < 1.29 is 14.8 Å². The van der Waals surface area contributed by atoms with Gasteiger partial charge in [0.15, 0.2) is 11.5 Å². The normalized spacial score (nSPS) is 17.7. The van der Waals surface area contributed by atoms with E-state index in [0.29, 0.717) is 5.56 Å². The molecule has 0 saturated carbocycles. The predicted molar refractivity (Wildman–Crippen MR) is 74.2 cm³/mol. The van der Waals surface area contributed by atoms with Crippen molar-refractivity contribution in [2.24, 2.45) is 0 Å². The van der Waals surface area contributed by atoms with E-state index in [1.165, 1.54) is 19.2 Å². The maximum atomic E-state index is 11.0. The number of rotatable bonds is 4. The van der Waals surface area contributed by atoms with E-state index in [1.54, 1.807) is 0 Å². The first-order valence-electron chi connectivity index (χ1n) is 6.54. The molecule has 0 bridgehead atoms. The molecule has 0 amide bonds. The van der Waals surface area contributed by atoms with Crippen LogP contribution in [0.3, 0.4) is 0 Å². The Kier molecular flexibility index (Phi) is 4.41. The van der Waals surface area contributed by atoms with Crippen molar-refractivity contribution in [2.45, 2.75) is 13.0 Å². The Morgan fingerprint density at radius 1 is 1.45 bits per heavy atom. The molecule has 2 rings (SSSR count). The van der Waals surface area contributed by atoms with Gasteiger partial charge in [0.2, 0.25) is 0 Å². The highest BCUT2D eigenvalue weighted by molar-refractivity contribution is 5.54. The fourth-order valence-corrected chi connectivity index (χ4v) is 2.46. The molecule has 1 fully saturated rings. The van der Waals surface area contributed by atoms with Crippen molar-refractivity contribution in [2.75, 3.05) is 33.3 Å². The summed E-state index contributed by atoms with van der Waals surface area (Å²) in [6.07, 6.45) is 0. The summed E-state index contributed by atoms with van der Waals surface area (Å²) in [5.74, 6) is 0.111. The Labute approximate surface area is 117 Å².